The number of benzene rings is 1. The zero-order chi connectivity index (χ0) is 16.3. The van der Waals surface area contributed by atoms with E-state index in [1.54, 1.807) is 26.0 Å². The Morgan fingerprint density at radius 2 is 2.18 bits per heavy atom. The van der Waals surface area contributed by atoms with Gasteiger partial charge in [-0.15, -0.1) is 0 Å². The highest BCUT2D eigenvalue weighted by atomic mass is 79.9. The lowest BCUT2D eigenvalue weighted by atomic mass is 10.1. The molecule has 0 unspecified atom stereocenters. The van der Waals surface area contributed by atoms with Gasteiger partial charge in [0.2, 0.25) is 0 Å². The van der Waals surface area contributed by atoms with Gasteiger partial charge in [0.1, 0.15) is 22.7 Å². The van der Waals surface area contributed by atoms with Crippen molar-refractivity contribution in [3.8, 4) is 11.4 Å². The Hall–Kier alpha value is -2.02. The van der Waals surface area contributed by atoms with Gasteiger partial charge in [-0.3, -0.25) is 14.2 Å². The van der Waals surface area contributed by atoms with Crippen LogP contribution in [0.1, 0.15) is 12.5 Å². The number of aromatic nitrogens is 2. The molecule has 0 fully saturated rings. The molecule has 0 spiro atoms. The Kier molecular flexibility index (Phi) is 5.07. The number of carbonyl (C=O) groups is 1. The average molecular weight is 369 g/mol. The SMILES string of the molecule is CCOC(=O)Cn1c(-c2cc(C)ccc2F)ncc(Br)c1=O. The number of esters is 1. The maximum Gasteiger partial charge on any atom is 0.326 e. The van der Waals surface area contributed by atoms with Crippen LogP contribution in [0.15, 0.2) is 33.7 Å². The summed E-state index contributed by atoms with van der Waals surface area (Å²) in [6.45, 7) is 3.33. The molecular formula is C15H14BrFN2O3. The van der Waals surface area contributed by atoms with Gasteiger partial charge in [0.05, 0.1) is 12.2 Å². The molecule has 116 valence electrons. The van der Waals surface area contributed by atoms with Gasteiger partial charge in [-0.2, -0.15) is 0 Å². The van der Waals surface area contributed by atoms with E-state index in [-0.39, 0.29) is 29.0 Å². The molecule has 1 heterocycles. The predicted octanol–water partition coefficient (Wildman–Crippen LogP) is 2.68. The van der Waals surface area contributed by atoms with Gasteiger partial charge in [0.15, 0.2) is 0 Å². The van der Waals surface area contributed by atoms with E-state index in [0.717, 1.165) is 10.1 Å². The van der Waals surface area contributed by atoms with E-state index in [9.17, 15) is 14.0 Å². The average Bonchev–Trinajstić information content (AvgIpc) is 2.47. The summed E-state index contributed by atoms with van der Waals surface area (Å²) in [5.74, 6) is -1.02. The fourth-order valence-electron chi connectivity index (χ4n) is 1.98. The second-order valence-corrected chi connectivity index (χ2v) is 5.46. The third-order valence-corrected chi connectivity index (χ3v) is 3.50. The maximum absolute atomic E-state index is 14.1. The number of aryl methyl sites for hydroxylation is 1. The molecule has 22 heavy (non-hydrogen) atoms. The van der Waals surface area contributed by atoms with E-state index in [1.807, 2.05) is 0 Å². The Morgan fingerprint density at radius 3 is 2.86 bits per heavy atom. The summed E-state index contributed by atoms with van der Waals surface area (Å²) in [5.41, 5.74) is 0.504. The molecule has 0 amide bonds. The second kappa shape index (κ2) is 6.83. The van der Waals surface area contributed by atoms with E-state index in [2.05, 4.69) is 20.9 Å². The fraction of sp³-hybridized carbons (Fsp3) is 0.267. The van der Waals surface area contributed by atoms with E-state index < -0.39 is 17.3 Å². The van der Waals surface area contributed by atoms with Gasteiger partial charge in [-0.25, -0.2) is 9.37 Å². The summed E-state index contributed by atoms with van der Waals surface area (Å²) in [4.78, 5) is 28.0. The minimum atomic E-state index is -0.584. The molecule has 5 nitrogen and oxygen atoms in total. The van der Waals surface area contributed by atoms with E-state index >= 15 is 0 Å². The number of rotatable bonds is 4. The molecule has 0 aliphatic heterocycles. The molecule has 2 rings (SSSR count). The summed E-state index contributed by atoms with van der Waals surface area (Å²) < 4.78 is 20.2. The van der Waals surface area contributed by atoms with Crippen molar-refractivity contribution in [3.05, 3.63) is 50.6 Å². The highest BCUT2D eigenvalue weighted by Gasteiger charge is 2.17. The van der Waals surface area contributed by atoms with E-state index in [1.165, 1.54) is 12.3 Å². The summed E-state index contributed by atoms with van der Waals surface area (Å²) in [7, 11) is 0. The molecule has 0 atom stereocenters. The van der Waals surface area contributed by atoms with Crippen molar-refractivity contribution >= 4 is 21.9 Å². The lowest BCUT2D eigenvalue weighted by Gasteiger charge is -2.13. The van der Waals surface area contributed by atoms with Crippen LogP contribution in [0.5, 0.6) is 0 Å². The zero-order valence-electron chi connectivity index (χ0n) is 12.1. The normalized spacial score (nSPS) is 10.5. The van der Waals surface area contributed by atoms with Crippen LogP contribution in [-0.2, 0) is 16.1 Å². The first-order valence-corrected chi connectivity index (χ1v) is 7.40. The van der Waals surface area contributed by atoms with Crippen molar-refractivity contribution in [1.29, 1.82) is 0 Å². The molecule has 0 N–H and O–H groups in total. The number of nitrogens with zero attached hydrogens (tertiary/aromatic N) is 2. The number of carbonyl (C=O) groups excluding carboxylic acids is 1. The van der Waals surface area contributed by atoms with Crippen molar-refractivity contribution in [2.24, 2.45) is 0 Å². The van der Waals surface area contributed by atoms with Crippen molar-refractivity contribution in [2.45, 2.75) is 20.4 Å². The first-order valence-electron chi connectivity index (χ1n) is 6.61. The molecule has 2 aromatic rings. The minimum absolute atomic E-state index is 0.0856. The molecular weight excluding hydrogens is 355 g/mol. The van der Waals surface area contributed by atoms with Gasteiger partial charge >= 0.3 is 5.97 Å². The Bertz CT molecular complexity index is 774. The van der Waals surface area contributed by atoms with Gasteiger partial charge < -0.3 is 4.74 Å². The van der Waals surface area contributed by atoms with Gasteiger partial charge in [0, 0.05) is 6.20 Å². The van der Waals surface area contributed by atoms with Crippen LogP contribution in [0.25, 0.3) is 11.4 Å². The highest BCUT2D eigenvalue weighted by molar-refractivity contribution is 9.10. The number of hydrogen-bond acceptors (Lipinski definition) is 4. The van der Waals surface area contributed by atoms with Gasteiger partial charge in [0.25, 0.3) is 5.56 Å². The monoisotopic (exact) mass is 368 g/mol. The van der Waals surface area contributed by atoms with Gasteiger partial charge in [-0.1, -0.05) is 11.6 Å². The lowest BCUT2D eigenvalue weighted by molar-refractivity contribution is -0.143. The second-order valence-electron chi connectivity index (χ2n) is 4.61. The van der Waals surface area contributed by atoms with Crippen LogP contribution in [-0.4, -0.2) is 22.1 Å². The third kappa shape index (κ3) is 3.41. The molecule has 0 saturated carbocycles. The first-order chi connectivity index (χ1) is 10.4. The molecule has 1 aromatic carbocycles. The maximum atomic E-state index is 14.1. The Balaban J connectivity index is 2.61. The number of halogens is 2. The predicted molar refractivity (Wildman–Crippen MR) is 83.0 cm³/mol. The standard InChI is InChI=1S/C15H14BrFN2O3/c1-3-22-13(20)8-19-14(18-7-11(16)15(19)21)10-6-9(2)4-5-12(10)17/h4-7H,3,8H2,1-2H3. The summed E-state index contributed by atoms with van der Waals surface area (Å²) >= 11 is 3.07. The third-order valence-electron chi connectivity index (χ3n) is 2.96. The van der Waals surface area contributed by atoms with Crippen molar-refractivity contribution < 1.29 is 13.9 Å². The smallest absolute Gasteiger partial charge is 0.326 e. The lowest BCUT2D eigenvalue weighted by Crippen LogP contribution is -2.28. The number of ether oxygens (including phenoxy) is 1. The van der Waals surface area contributed by atoms with Crippen LogP contribution in [0, 0.1) is 12.7 Å². The molecule has 0 bridgehead atoms. The Morgan fingerprint density at radius 1 is 1.45 bits per heavy atom. The van der Waals surface area contributed by atoms with Crippen molar-refractivity contribution in [3.63, 3.8) is 0 Å². The molecule has 0 aliphatic rings. The highest BCUT2D eigenvalue weighted by Crippen LogP contribution is 2.22. The zero-order valence-corrected chi connectivity index (χ0v) is 13.7. The molecule has 7 heteroatoms. The van der Waals surface area contributed by atoms with Crippen LogP contribution < -0.4 is 5.56 Å². The van der Waals surface area contributed by atoms with Crippen LogP contribution in [0.2, 0.25) is 0 Å². The molecule has 0 saturated heterocycles. The quantitative estimate of drug-likeness (QED) is 0.778. The van der Waals surface area contributed by atoms with Crippen LogP contribution in [0.4, 0.5) is 4.39 Å². The Labute approximate surface area is 134 Å². The topological polar surface area (TPSA) is 61.2 Å². The van der Waals surface area contributed by atoms with Crippen molar-refractivity contribution in [1.82, 2.24) is 9.55 Å². The van der Waals surface area contributed by atoms with Crippen LogP contribution >= 0.6 is 15.9 Å². The van der Waals surface area contributed by atoms with Gasteiger partial charge in [-0.05, 0) is 41.9 Å². The molecule has 0 aliphatic carbocycles. The summed E-state index contributed by atoms with van der Waals surface area (Å²) in [6, 6.07) is 4.49. The van der Waals surface area contributed by atoms with Crippen molar-refractivity contribution in [2.75, 3.05) is 6.61 Å². The largest absolute Gasteiger partial charge is 0.465 e. The summed E-state index contributed by atoms with van der Waals surface area (Å²) in [6.07, 6.45) is 1.29. The fourth-order valence-corrected chi connectivity index (χ4v) is 2.29. The van der Waals surface area contributed by atoms with E-state index in [0.29, 0.717) is 0 Å². The number of hydrogen-bond donors (Lipinski definition) is 0. The molecule has 1 aromatic heterocycles. The van der Waals surface area contributed by atoms with E-state index in [4.69, 9.17) is 4.74 Å². The summed E-state index contributed by atoms with van der Waals surface area (Å²) in [5, 5.41) is 0. The molecule has 0 radical (unpaired) electrons. The minimum Gasteiger partial charge on any atom is -0.465 e. The van der Waals surface area contributed by atoms with Crippen LogP contribution in [0.3, 0.4) is 0 Å². The first kappa shape index (κ1) is 16.4.